The molecule has 0 aromatic heterocycles. The summed E-state index contributed by atoms with van der Waals surface area (Å²) in [6.45, 7) is 7.65. The van der Waals surface area contributed by atoms with Crippen molar-refractivity contribution in [2.24, 2.45) is 5.73 Å². The largest absolute Gasteiger partial charge is 0.444 e. The molecule has 0 heterocycles. The van der Waals surface area contributed by atoms with Gasteiger partial charge in [0.1, 0.15) is 5.60 Å². The van der Waals surface area contributed by atoms with Gasteiger partial charge in [0.25, 0.3) is 0 Å². The fraction of sp³-hybridized carbons (Fsp3) is 0.929. The molecule has 106 valence electrons. The molecule has 1 aliphatic carbocycles. The number of hydrogen-bond acceptors (Lipinski definition) is 3. The van der Waals surface area contributed by atoms with Crippen molar-refractivity contribution in [3.63, 3.8) is 0 Å². The highest BCUT2D eigenvalue weighted by Crippen LogP contribution is 2.31. The molecule has 1 rings (SSSR count). The minimum absolute atomic E-state index is 0.00708. The molecule has 0 aromatic rings. The third kappa shape index (κ3) is 3.87. The van der Waals surface area contributed by atoms with Crippen LogP contribution in [0.2, 0.25) is 0 Å². The van der Waals surface area contributed by atoms with Crippen LogP contribution >= 0.6 is 0 Å². The van der Waals surface area contributed by atoms with E-state index in [0.29, 0.717) is 0 Å². The summed E-state index contributed by atoms with van der Waals surface area (Å²) in [7, 11) is 1.78. The van der Waals surface area contributed by atoms with E-state index < -0.39 is 5.60 Å². The first kappa shape index (κ1) is 15.3. The highest BCUT2D eigenvalue weighted by molar-refractivity contribution is 5.68. The van der Waals surface area contributed by atoms with Crippen LogP contribution in [0, 0.1) is 0 Å². The Bertz CT molecular complexity index is 291. The number of ether oxygens (including phenoxy) is 1. The Morgan fingerprint density at radius 2 is 1.78 bits per heavy atom. The molecule has 0 saturated heterocycles. The van der Waals surface area contributed by atoms with E-state index in [9.17, 15) is 4.79 Å². The average Bonchev–Trinajstić information content (AvgIpc) is 2.25. The summed E-state index contributed by atoms with van der Waals surface area (Å²) in [5.41, 5.74) is 5.74. The van der Waals surface area contributed by atoms with Gasteiger partial charge in [-0.05, 0) is 40.5 Å². The first-order valence-electron chi connectivity index (χ1n) is 6.90. The molecule has 0 aliphatic heterocycles. The maximum absolute atomic E-state index is 12.0. The molecule has 0 spiro atoms. The number of rotatable bonds is 2. The highest BCUT2D eigenvalue weighted by Gasteiger charge is 2.38. The van der Waals surface area contributed by atoms with E-state index in [2.05, 4.69) is 0 Å². The zero-order valence-electron chi connectivity index (χ0n) is 12.5. The van der Waals surface area contributed by atoms with E-state index in [0.717, 1.165) is 25.7 Å². The van der Waals surface area contributed by atoms with Crippen molar-refractivity contribution in [3.8, 4) is 0 Å². The van der Waals surface area contributed by atoms with E-state index in [4.69, 9.17) is 10.5 Å². The smallest absolute Gasteiger partial charge is 0.410 e. The third-order valence-electron chi connectivity index (χ3n) is 3.88. The van der Waals surface area contributed by atoms with Crippen molar-refractivity contribution >= 4 is 6.09 Å². The van der Waals surface area contributed by atoms with E-state index in [1.54, 1.807) is 11.9 Å². The molecule has 1 aliphatic rings. The second-order valence-corrected chi connectivity index (χ2v) is 6.56. The molecule has 1 saturated carbocycles. The SMILES string of the molecule is CC(N(C)C(=O)OC(C)(C)C)C1(N)CCCCC1. The molecule has 1 fully saturated rings. The molecule has 18 heavy (non-hydrogen) atoms. The number of amides is 1. The minimum Gasteiger partial charge on any atom is -0.444 e. The Kier molecular flexibility index (Phi) is 4.65. The van der Waals surface area contributed by atoms with E-state index in [-0.39, 0.29) is 17.7 Å². The Morgan fingerprint density at radius 3 is 2.22 bits per heavy atom. The number of nitrogens with two attached hydrogens (primary N) is 1. The quantitative estimate of drug-likeness (QED) is 0.826. The number of hydrogen-bond donors (Lipinski definition) is 1. The highest BCUT2D eigenvalue weighted by atomic mass is 16.6. The maximum atomic E-state index is 12.0. The average molecular weight is 256 g/mol. The number of likely N-dealkylation sites (N-methyl/N-ethyl adjacent to an activating group) is 1. The molecule has 0 aromatic carbocycles. The summed E-state index contributed by atoms with van der Waals surface area (Å²) < 4.78 is 5.39. The molecule has 4 heteroatoms. The van der Waals surface area contributed by atoms with Gasteiger partial charge in [0, 0.05) is 18.6 Å². The second kappa shape index (κ2) is 5.47. The zero-order valence-corrected chi connectivity index (χ0v) is 12.5. The van der Waals surface area contributed by atoms with Gasteiger partial charge in [-0.25, -0.2) is 4.79 Å². The van der Waals surface area contributed by atoms with Gasteiger partial charge >= 0.3 is 6.09 Å². The van der Waals surface area contributed by atoms with E-state index >= 15 is 0 Å². The molecule has 0 radical (unpaired) electrons. The normalized spacial score (nSPS) is 21.2. The lowest BCUT2D eigenvalue weighted by atomic mass is 9.77. The Labute approximate surface area is 111 Å². The molecular weight excluding hydrogens is 228 g/mol. The van der Waals surface area contributed by atoms with Crippen LogP contribution in [0.5, 0.6) is 0 Å². The fourth-order valence-corrected chi connectivity index (χ4v) is 2.51. The molecule has 4 nitrogen and oxygen atoms in total. The van der Waals surface area contributed by atoms with Crippen molar-refractivity contribution in [2.45, 2.75) is 77.0 Å². The van der Waals surface area contributed by atoms with Crippen LogP contribution in [0.1, 0.15) is 59.8 Å². The third-order valence-corrected chi connectivity index (χ3v) is 3.88. The van der Waals surface area contributed by atoms with Gasteiger partial charge in [-0.2, -0.15) is 0 Å². The van der Waals surface area contributed by atoms with Crippen LogP contribution in [0.4, 0.5) is 4.79 Å². The summed E-state index contributed by atoms with van der Waals surface area (Å²) >= 11 is 0. The fourth-order valence-electron chi connectivity index (χ4n) is 2.51. The van der Waals surface area contributed by atoms with Crippen LogP contribution in [0.3, 0.4) is 0 Å². The standard InChI is InChI=1S/C14H28N2O2/c1-11(14(15)9-7-6-8-10-14)16(5)12(17)18-13(2,3)4/h11H,6-10,15H2,1-5H3. The molecule has 1 unspecified atom stereocenters. The lowest BCUT2D eigenvalue weighted by Gasteiger charge is -2.43. The lowest BCUT2D eigenvalue weighted by Crippen LogP contribution is -2.58. The summed E-state index contributed by atoms with van der Waals surface area (Å²) in [4.78, 5) is 13.7. The van der Waals surface area contributed by atoms with Gasteiger partial charge in [0.15, 0.2) is 0 Å². The van der Waals surface area contributed by atoms with Crippen molar-refractivity contribution < 1.29 is 9.53 Å². The summed E-state index contributed by atoms with van der Waals surface area (Å²) in [5, 5.41) is 0. The monoisotopic (exact) mass is 256 g/mol. The number of carbonyl (C=O) groups is 1. The van der Waals surface area contributed by atoms with Crippen LogP contribution in [-0.2, 0) is 4.74 Å². The molecule has 2 N–H and O–H groups in total. The van der Waals surface area contributed by atoms with Gasteiger partial charge < -0.3 is 15.4 Å². The Balaban J connectivity index is 2.65. The van der Waals surface area contributed by atoms with Crippen molar-refractivity contribution in [1.82, 2.24) is 4.90 Å². The predicted octanol–water partition coefficient (Wildman–Crippen LogP) is 2.90. The van der Waals surface area contributed by atoms with Gasteiger partial charge in [0.05, 0.1) is 0 Å². The second-order valence-electron chi connectivity index (χ2n) is 6.56. The van der Waals surface area contributed by atoms with Gasteiger partial charge in [0.2, 0.25) is 0 Å². The summed E-state index contributed by atoms with van der Waals surface area (Å²) in [5.74, 6) is 0. The van der Waals surface area contributed by atoms with Gasteiger partial charge in [-0.1, -0.05) is 19.3 Å². The zero-order chi connectivity index (χ0) is 14.0. The number of nitrogens with zero attached hydrogens (tertiary/aromatic N) is 1. The van der Waals surface area contributed by atoms with Crippen molar-refractivity contribution in [3.05, 3.63) is 0 Å². The topological polar surface area (TPSA) is 55.6 Å². The van der Waals surface area contributed by atoms with Crippen LogP contribution in [-0.4, -0.2) is 35.2 Å². The minimum atomic E-state index is -0.459. The summed E-state index contributed by atoms with van der Waals surface area (Å²) in [6.07, 6.45) is 5.25. The number of carbonyl (C=O) groups excluding carboxylic acids is 1. The van der Waals surface area contributed by atoms with Crippen LogP contribution in [0.25, 0.3) is 0 Å². The van der Waals surface area contributed by atoms with E-state index in [1.807, 2.05) is 27.7 Å². The predicted molar refractivity (Wildman–Crippen MR) is 73.5 cm³/mol. The molecule has 1 atom stereocenters. The van der Waals surface area contributed by atoms with Gasteiger partial charge in [-0.15, -0.1) is 0 Å². The first-order valence-corrected chi connectivity index (χ1v) is 6.90. The van der Waals surface area contributed by atoms with Crippen molar-refractivity contribution in [1.29, 1.82) is 0 Å². The van der Waals surface area contributed by atoms with E-state index in [1.165, 1.54) is 6.42 Å². The maximum Gasteiger partial charge on any atom is 0.410 e. The van der Waals surface area contributed by atoms with Crippen molar-refractivity contribution in [2.75, 3.05) is 7.05 Å². The van der Waals surface area contributed by atoms with Gasteiger partial charge in [-0.3, -0.25) is 0 Å². The lowest BCUT2D eigenvalue weighted by molar-refractivity contribution is 0.0130. The first-order chi connectivity index (χ1) is 8.16. The molecule has 0 bridgehead atoms. The Hall–Kier alpha value is -0.770. The van der Waals surface area contributed by atoms with Crippen LogP contribution in [0.15, 0.2) is 0 Å². The molecular formula is C14H28N2O2. The molecule has 1 amide bonds. The summed E-state index contributed by atoms with van der Waals surface area (Å²) in [6, 6.07) is 0.00708. The van der Waals surface area contributed by atoms with Crippen LogP contribution < -0.4 is 5.73 Å². The Morgan fingerprint density at radius 1 is 1.28 bits per heavy atom.